The molecule has 5 heteroatoms. The second kappa shape index (κ2) is 3.06. The highest BCUT2D eigenvalue weighted by Crippen LogP contribution is 2.20. The molecule has 2 N–H and O–H groups in total. The van der Waals surface area contributed by atoms with Gasteiger partial charge in [-0.1, -0.05) is 0 Å². The first-order valence-electron chi connectivity index (χ1n) is 3.60. The monoisotopic (exact) mass is 181 g/mol. The van der Waals surface area contributed by atoms with Gasteiger partial charge >= 0.3 is 0 Å². The van der Waals surface area contributed by atoms with E-state index in [1.165, 1.54) is 0 Å². The van der Waals surface area contributed by atoms with Gasteiger partial charge in [0.1, 0.15) is 6.17 Å². The summed E-state index contributed by atoms with van der Waals surface area (Å²) in [6.45, 7) is 0.125. The summed E-state index contributed by atoms with van der Waals surface area (Å²) in [6.07, 6.45) is -0.909. The van der Waals surface area contributed by atoms with Crippen LogP contribution in [-0.4, -0.2) is 32.6 Å². The van der Waals surface area contributed by atoms with E-state index in [-0.39, 0.29) is 24.5 Å². The van der Waals surface area contributed by atoms with Crippen LogP contribution in [0.4, 0.5) is 4.39 Å². The number of rotatable bonds is 1. The minimum atomic E-state index is -3.00. The summed E-state index contributed by atoms with van der Waals surface area (Å²) in [5, 5.41) is 0. The van der Waals surface area contributed by atoms with Crippen molar-refractivity contribution in [2.45, 2.75) is 12.6 Å². The fraction of sp³-hybridized carbons (Fsp3) is 1.00. The molecule has 11 heavy (non-hydrogen) atoms. The molecule has 1 heterocycles. The van der Waals surface area contributed by atoms with Gasteiger partial charge in [0, 0.05) is 5.92 Å². The highest BCUT2D eigenvalue weighted by atomic mass is 32.2. The van der Waals surface area contributed by atoms with Gasteiger partial charge in [-0.25, -0.2) is 12.8 Å². The Kier molecular flexibility index (Phi) is 2.49. The van der Waals surface area contributed by atoms with Crippen LogP contribution in [0, 0.1) is 5.92 Å². The van der Waals surface area contributed by atoms with E-state index in [1.54, 1.807) is 0 Å². The van der Waals surface area contributed by atoms with E-state index >= 15 is 0 Å². The van der Waals surface area contributed by atoms with Gasteiger partial charge < -0.3 is 5.73 Å². The van der Waals surface area contributed by atoms with Crippen molar-refractivity contribution in [3.05, 3.63) is 0 Å². The summed E-state index contributed by atoms with van der Waals surface area (Å²) >= 11 is 0. The van der Waals surface area contributed by atoms with Gasteiger partial charge in [-0.05, 0) is 13.0 Å². The molecule has 2 atom stereocenters. The molecule has 0 bridgehead atoms. The third kappa shape index (κ3) is 2.13. The molecule has 3 nitrogen and oxygen atoms in total. The molecule has 1 aliphatic heterocycles. The van der Waals surface area contributed by atoms with Gasteiger partial charge in [0.25, 0.3) is 0 Å². The van der Waals surface area contributed by atoms with Crippen molar-refractivity contribution in [1.29, 1.82) is 0 Å². The topological polar surface area (TPSA) is 60.2 Å². The summed E-state index contributed by atoms with van der Waals surface area (Å²) in [5.41, 5.74) is 5.21. The third-order valence-electron chi connectivity index (χ3n) is 1.99. The Labute approximate surface area is 65.7 Å². The normalized spacial score (nSPS) is 36.9. The van der Waals surface area contributed by atoms with Crippen LogP contribution in [0.2, 0.25) is 0 Å². The van der Waals surface area contributed by atoms with E-state index in [0.29, 0.717) is 0 Å². The predicted molar refractivity (Wildman–Crippen MR) is 40.7 cm³/mol. The Bertz CT molecular complexity index is 227. The van der Waals surface area contributed by atoms with E-state index in [0.717, 1.165) is 0 Å². The molecule has 1 fully saturated rings. The first-order valence-corrected chi connectivity index (χ1v) is 5.42. The number of alkyl halides is 1. The number of halogens is 1. The number of hydrogen-bond acceptors (Lipinski definition) is 3. The van der Waals surface area contributed by atoms with Crippen molar-refractivity contribution in [2.24, 2.45) is 11.7 Å². The summed E-state index contributed by atoms with van der Waals surface area (Å²) in [7, 11) is -3.00. The van der Waals surface area contributed by atoms with Crippen molar-refractivity contribution < 1.29 is 12.8 Å². The highest BCUT2D eigenvalue weighted by molar-refractivity contribution is 7.91. The fourth-order valence-corrected chi connectivity index (χ4v) is 3.01. The lowest BCUT2D eigenvalue weighted by atomic mass is 10.0. The molecule has 1 saturated heterocycles. The molecule has 2 unspecified atom stereocenters. The quantitative estimate of drug-likeness (QED) is 0.605. The second-order valence-corrected chi connectivity index (χ2v) is 5.14. The molecule has 0 aromatic heterocycles. The standard InChI is InChI=1S/C6H12FNO2S/c7-6-1-2-11(9,10)4-5(6)3-8/h5-6H,1-4,8H2. The van der Waals surface area contributed by atoms with Crippen molar-refractivity contribution in [3.63, 3.8) is 0 Å². The lowest BCUT2D eigenvalue weighted by Crippen LogP contribution is -2.38. The summed E-state index contributed by atoms with van der Waals surface area (Å²) in [5.74, 6) is -0.580. The lowest BCUT2D eigenvalue weighted by Gasteiger charge is -2.24. The maximum absolute atomic E-state index is 12.8. The molecular formula is C6H12FNO2S. The zero-order valence-electron chi connectivity index (χ0n) is 6.16. The van der Waals surface area contributed by atoms with Crippen LogP contribution in [0.15, 0.2) is 0 Å². The van der Waals surface area contributed by atoms with Crippen LogP contribution < -0.4 is 5.73 Å². The van der Waals surface area contributed by atoms with Crippen LogP contribution >= 0.6 is 0 Å². The van der Waals surface area contributed by atoms with Crippen LogP contribution in [-0.2, 0) is 9.84 Å². The van der Waals surface area contributed by atoms with Gasteiger partial charge in [0.15, 0.2) is 9.84 Å². The van der Waals surface area contributed by atoms with E-state index in [4.69, 9.17) is 5.73 Å². The number of sulfone groups is 1. The van der Waals surface area contributed by atoms with Crippen LogP contribution in [0.3, 0.4) is 0 Å². The Hall–Kier alpha value is -0.160. The van der Waals surface area contributed by atoms with Crippen molar-refractivity contribution >= 4 is 9.84 Å². The average molecular weight is 181 g/mol. The van der Waals surface area contributed by atoms with Gasteiger partial charge in [0.05, 0.1) is 11.5 Å². The Morgan fingerprint density at radius 2 is 2.18 bits per heavy atom. The van der Waals surface area contributed by atoms with Gasteiger partial charge in [-0.2, -0.15) is 0 Å². The first kappa shape index (κ1) is 8.93. The van der Waals surface area contributed by atoms with Gasteiger partial charge in [-0.15, -0.1) is 0 Å². The molecule has 0 spiro atoms. The predicted octanol–water partition coefficient (Wildman–Crippen LogP) is -0.282. The lowest BCUT2D eigenvalue weighted by molar-refractivity contribution is 0.233. The van der Waals surface area contributed by atoms with Gasteiger partial charge in [-0.3, -0.25) is 0 Å². The summed E-state index contributed by atoms with van der Waals surface area (Å²) < 4.78 is 34.7. The molecule has 0 radical (unpaired) electrons. The van der Waals surface area contributed by atoms with Crippen LogP contribution in [0.1, 0.15) is 6.42 Å². The smallest absolute Gasteiger partial charge is 0.150 e. The van der Waals surface area contributed by atoms with Crippen molar-refractivity contribution in [2.75, 3.05) is 18.1 Å². The minimum Gasteiger partial charge on any atom is -0.330 e. The first-order chi connectivity index (χ1) is 5.05. The minimum absolute atomic E-state index is 0.0231. The van der Waals surface area contributed by atoms with E-state index in [1.807, 2.05) is 0 Å². The molecule has 66 valence electrons. The number of nitrogens with two attached hydrogens (primary N) is 1. The highest BCUT2D eigenvalue weighted by Gasteiger charge is 2.31. The van der Waals surface area contributed by atoms with E-state index in [2.05, 4.69) is 0 Å². The third-order valence-corrected chi connectivity index (χ3v) is 3.78. The molecule has 0 aliphatic carbocycles. The van der Waals surface area contributed by atoms with Crippen LogP contribution in [0.25, 0.3) is 0 Å². The maximum Gasteiger partial charge on any atom is 0.150 e. The second-order valence-electron chi connectivity index (χ2n) is 2.91. The molecular weight excluding hydrogens is 169 g/mol. The number of hydrogen-bond donors (Lipinski definition) is 1. The molecule has 0 amide bonds. The Balaban J connectivity index is 2.66. The zero-order valence-corrected chi connectivity index (χ0v) is 6.98. The maximum atomic E-state index is 12.8. The van der Waals surface area contributed by atoms with Crippen LogP contribution in [0.5, 0.6) is 0 Å². The Morgan fingerprint density at radius 3 is 2.64 bits per heavy atom. The van der Waals surface area contributed by atoms with E-state index in [9.17, 15) is 12.8 Å². The Morgan fingerprint density at radius 1 is 1.55 bits per heavy atom. The van der Waals surface area contributed by atoms with Crippen molar-refractivity contribution in [1.82, 2.24) is 0 Å². The molecule has 1 rings (SSSR count). The molecule has 1 aliphatic rings. The molecule has 0 aromatic rings. The summed E-state index contributed by atoms with van der Waals surface area (Å²) in [6, 6.07) is 0. The van der Waals surface area contributed by atoms with E-state index < -0.39 is 21.9 Å². The largest absolute Gasteiger partial charge is 0.330 e. The van der Waals surface area contributed by atoms with Gasteiger partial charge in [0.2, 0.25) is 0 Å². The molecule has 0 aromatic carbocycles. The average Bonchev–Trinajstić information content (AvgIpc) is 1.94. The fourth-order valence-electron chi connectivity index (χ4n) is 1.26. The zero-order chi connectivity index (χ0) is 8.48. The molecule has 0 saturated carbocycles. The SMILES string of the molecule is NCC1CS(=O)(=O)CCC1F. The van der Waals surface area contributed by atoms with Crippen molar-refractivity contribution in [3.8, 4) is 0 Å². The summed E-state index contributed by atoms with van der Waals surface area (Å²) in [4.78, 5) is 0.